The first kappa shape index (κ1) is 14.4. The molecule has 0 saturated carbocycles. The van der Waals surface area contributed by atoms with E-state index in [9.17, 15) is 4.79 Å². The Kier molecular flexibility index (Phi) is 9.59. The molecule has 0 atom stereocenters. The quantitative estimate of drug-likeness (QED) is 0.752. The molecule has 0 unspecified atom stereocenters. The van der Waals surface area contributed by atoms with E-state index < -0.39 is 0 Å². The molecule has 1 aliphatic rings. The summed E-state index contributed by atoms with van der Waals surface area (Å²) in [5.41, 5.74) is 0. The number of piperidine rings is 1. The van der Waals surface area contributed by atoms with Gasteiger partial charge in [0.15, 0.2) is 0 Å². The standard InChI is InChI=1S/C10H20N2O.C2H6/c1-2-3-4-10(13)12-9-5-7-11-8-6-9;1-2/h9,11H,2-8H2,1H3,(H,12,13);1-2H3. The van der Waals surface area contributed by atoms with Crippen LogP contribution in [0.4, 0.5) is 0 Å². The molecule has 15 heavy (non-hydrogen) atoms. The second-order valence-electron chi connectivity index (χ2n) is 3.70. The molecule has 1 rings (SSSR count). The van der Waals surface area contributed by atoms with Crippen LogP contribution in [0.5, 0.6) is 0 Å². The molecule has 0 aromatic rings. The molecule has 1 saturated heterocycles. The Hall–Kier alpha value is -0.570. The van der Waals surface area contributed by atoms with Crippen LogP contribution in [0.25, 0.3) is 0 Å². The van der Waals surface area contributed by atoms with Crippen molar-refractivity contribution in [2.75, 3.05) is 13.1 Å². The molecule has 1 heterocycles. The van der Waals surface area contributed by atoms with Crippen molar-refractivity contribution >= 4 is 5.91 Å². The molecule has 0 aliphatic carbocycles. The molecular weight excluding hydrogens is 188 g/mol. The Balaban J connectivity index is 0.000000921. The normalized spacial score (nSPS) is 16.5. The van der Waals surface area contributed by atoms with Crippen LogP contribution in [0.3, 0.4) is 0 Å². The van der Waals surface area contributed by atoms with E-state index >= 15 is 0 Å². The van der Waals surface area contributed by atoms with Crippen LogP contribution in [0.15, 0.2) is 0 Å². The zero-order valence-corrected chi connectivity index (χ0v) is 10.4. The summed E-state index contributed by atoms with van der Waals surface area (Å²) in [6.45, 7) is 8.19. The van der Waals surface area contributed by atoms with Gasteiger partial charge in [-0.2, -0.15) is 0 Å². The van der Waals surface area contributed by atoms with Gasteiger partial charge in [-0.1, -0.05) is 27.2 Å². The summed E-state index contributed by atoms with van der Waals surface area (Å²) in [7, 11) is 0. The molecule has 0 radical (unpaired) electrons. The smallest absolute Gasteiger partial charge is 0.220 e. The zero-order valence-electron chi connectivity index (χ0n) is 10.4. The zero-order chi connectivity index (χ0) is 11.5. The van der Waals surface area contributed by atoms with E-state index in [0.29, 0.717) is 12.5 Å². The minimum atomic E-state index is 0.230. The number of carbonyl (C=O) groups excluding carboxylic acids is 1. The lowest BCUT2D eigenvalue weighted by Crippen LogP contribution is -2.42. The molecule has 1 fully saturated rings. The lowest BCUT2D eigenvalue weighted by molar-refractivity contribution is -0.122. The first-order chi connectivity index (χ1) is 7.33. The van der Waals surface area contributed by atoms with Crippen LogP contribution >= 0.6 is 0 Å². The lowest BCUT2D eigenvalue weighted by atomic mass is 10.1. The Morgan fingerprint density at radius 1 is 1.33 bits per heavy atom. The summed E-state index contributed by atoms with van der Waals surface area (Å²) < 4.78 is 0. The number of nitrogens with one attached hydrogen (secondary N) is 2. The Morgan fingerprint density at radius 2 is 1.93 bits per heavy atom. The van der Waals surface area contributed by atoms with Crippen molar-refractivity contribution in [1.82, 2.24) is 10.6 Å². The van der Waals surface area contributed by atoms with Gasteiger partial charge in [-0.3, -0.25) is 4.79 Å². The third-order valence-electron chi connectivity index (χ3n) is 2.46. The van der Waals surface area contributed by atoms with Gasteiger partial charge >= 0.3 is 0 Å². The molecule has 0 aromatic heterocycles. The predicted octanol–water partition coefficient (Wildman–Crippen LogP) is 2.07. The van der Waals surface area contributed by atoms with E-state index in [4.69, 9.17) is 0 Å². The highest BCUT2D eigenvalue weighted by molar-refractivity contribution is 5.76. The van der Waals surface area contributed by atoms with Gasteiger partial charge in [-0.05, 0) is 32.4 Å². The average Bonchev–Trinajstić information content (AvgIpc) is 2.30. The van der Waals surface area contributed by atoms with Crippen molar-refractivity contribution in [3.63, 3.8) is 0 Å². The molecule has 0 spiro atoms. The van der Waals surface area contributed by atoms with Gasteiger partial charge in [0.1, 0.15) is 0 Å². The predicted molar refractivity (Wildman–Crippen MR) is 64.9 cm³/mol. The summed E-state index contributed by atoms with van der Waals surface area (Å²) in [4.78, 5) is 11.3. The summed E-state index contributed by atoms with van der Waals surface area (Å²) in [6, 6.07) is 0.422. The first-order valence-corrected chi connectivity index (χ1v) is 6.33. The summed E-state index contributed by atoms with van der Waals surface area (Å²) in [5, 5.41) is 6.35. The number of hydrogen-bond donors (Lipinski definition) is 2. The van der Waals surface area contributed by atoms with Crippen molar-refractivity contribution in [1.29, 1.82) is 0 Å². The first-order valence-electron chi connectivity index (χ1n) is 6.33. The minimum absolute atomic E-state index is 0.230. The maximum atomic E-state index is 11.3. The highest BCUT2D eigenvalue weighted by Crippen LogP contribution is 2.03. The highest BCUT2D eigenvalue weighted by atomic mass is 16.1. The topological polar surface area (TPSA) is 41.1 Å². The van der Waals surface area contributed by atoms with Crippen LogP contribution < -0.4 is 10.6 Å². The van der Waals surface area contributed by atoms with Crippen molar-refractivity contribution in [2.24, 2.45) is 0 Å². The molecule has 0 bridgehead atoms. The van der Waals surface area contributed by atoms with E-state index in [1.54, 1.807) is 0 Å². The molecule has 1 amide bonds. The highest BCUT2D eigenvalue weighted by Gasteiger charge is 2.14. The van der Waals surface area contributed by atoms with Crippen LogP contribution in [0.2, 0.25) is 0 Å². The fourth-order valence-corrected chi connectivity index (χ4v) is 1.60. The number of carbonyl (C=O) groups is 1. The van der Waals surface area contributed by atoms with Crippen LogP contribution in [0.1, 0.15) is 52.9 Å². The summed E-state index contributed by atoms with van der Waals surface area (Å²) >= 11 is 0. The number of rotatable bonds is 4. The molecule has 90 valence electrons. The fourth-order valence-electron chi connectivity index (χ4n) is 1.60. The van der Waals surface area contributed by atoms with Gasteiger partial charge in [-0.25, -0.2) is 0 Å². The molecule has 2 N–H and O–H groups in total. The Labute approximate surface area is 94.0 Å². The molecule has 1 aliphatic heterocycles. The Morgan fingerprint density at radius 3 is 2.47 bits per heavy atom. The summed E-state index contributed by atoms with van der Waals surface area (Å²) in [5.74, 6) is 0.230. The lowest BCUT2D eigenvalue weighted by Gasteiger charge is -2.23. The van der Waals surface area contributed by atoms with Gasteiger partial charge in [0.25, 0.3) is 0 Å². The summed E-state index contributed by atoms with van der Waals surface area (Å²) in [6.07, 6.45) is 4.96. The van der Waals surface area contributed by atoms with E-state index in [2.05, 4.69) is 17.6 Å². The Bertz CT molecular complexity index is 154. The van der Waals surface area contributed by atoms with Crippen molar-refractivity contribution in [2.45, 2.75) is 58.9 Å². The van der Waals surface area contributed by atoms with Crippen molar-refractivity contribution < 1.29 is 4.79 Å². The van der Waals surface area contributed by atoms with E-state index in [-0.39, 0.29) is 5.91 Å². The van der Waals surface area contributed by atoms with E-state index in [1.807, 2.05) is 13.8 Å². The number of hydrogen-bond acceptors (Lipinski definition) is 2. The van der Waals surface area contributed by atoms with Crippen molar-refractivity contribution in [3.8, 4) is 0 Å². The average molecular weight is 214 g/mol. The van der Waals surface area contributed by atoms with Crippen LogP contribution in [0, 0.1) is 0 Å². The van der Waals surface area contributed by atoms with Gasteiger partial charge in [-0.15, -0.1) is 0 Å². The monoisotopic (exact) mass is 214 g/mol. The van der Waals surface area contributed by atoms with Crippen molar-refractivity contribution in [3.05, 3.63) is 0 Å². The SMILES string of the molecule is CC.CCCCC(=O)NC1CCNCC1. The molecule has 3 heteroatoms. The molecule has 3 nitrogen and oxygen atoms in total. The second-order valence-corrected chi connectivity index (χ2v) is 3.70. The molecule has 0 aromatic carbocycles. The number of unbranched alkanes of at least 4 members (excludes halogenated alkanes) is 1. The van der Waals surface area contributed by atoms with Gasteiger partial charge < -0.3 is 10.6 Å². The van der Waals surface area contributed by atoms with E-state index in [0.717, 1.165) is 38.8 Å². The largest absolute Gasteiger partial charge is 0.353 e. The minimum Gasteiger partial charge on any atom is -0.353 e. The van der Waals surface area contributed by atoms with Crippen LogP contribution in [-0.2, 0) is 4.79 Å². The van der Waals surface area contributed by atoms with E-state index in [1.165, 1.54) is 0 Å². The maximum Gasteiger partial charge on any atom is 0.220 e. The van der Waals surface area contributed by atoms with Gasteiger partial charge in [0, 0.05) is 12.5 Å². The fraction of sp³-hybridized carbons (Fsp3) is 0.917. The van der Waals surface area contributed by atoms with Gasteiger partial charge in [0.2, 0.25) is 5.91 Å². The second kappa shape index (κ2) is 9.97. The maximum absolute atomic E-state index is 11.3. The number of amides is 1. The molecular formula is C12H26N2O. The third kappa shape index (κ3) is 7.37. The van der Waals surface area contributed by atoms with Crippen LogP contribution in [-0.4, -0.2) is 25.0 Å². The third-order valence-corrected chi connectivity index (χ3v) is 2.46. The van der Waals surface area contributed by atoms with Gasteiger partial charge in [0.05, 0.1) is 0 Å².